The number of carbonyl (C=O) groups excluding carboxylic acids is 1. The fourth-order valence-corrected chi connectivity index (χ4v) is 4.08. The molecule has 3 aromatic heterocycles. The van der Waals surface area contributed by atoms with Crippen LogP contribution in [0.2, 0.25) is 0 Å². The summed E-state index contributed by atoms with van der Waals surface area (Å²) >= 11 is 0. The molecular weight excluding hydrogens is 392 g/mol. The molecule has 0 bridgehead atoms. The number of benzene rings is 1. The van der Waals surface area contributed by atoms with E-state index in [2.05, 4.69) is 25.2 Å². The van der Waals surface area contributed by atoms with Crippen molar-refractivity contribution in [2.24, 2.45) is 0 Å². The highest BCUT2D eigenvalue weighted by Gasteiger charge is 2.15. The van der Waals surface area contributed by atoms with Gasteiger partial charge in [0.05, 0.1) is 17.6 Å². The van der Waals surface area contributed by atoms with Crippen LogP contribution >= 0.6 is 0 Å². The van der Waals surface area contributed by atoms with Crippen molar-refractivity contribution in [2.45, 2.75) is 32.7 Å². The molecule has 1 aliphatic heterocycles. The number of likely N-dealkylation sites (tertiary alicyclic amines) is 1. The highest BCUT2D eigenvalue weighted by molar-refractivity contribution is 6.04. The first-order valence-electron chi connectivity index (χ1n) is 10.6. The van der Waals surface area contributed by atoms with Crippen molar-refractivity contribution < 1.29 is 4.79 Å². The predicted molar refractivity (Wildman–Crippen MR) is 119 cm³/mol. The molecule has 1 saturated heterocycles. The van der Waals surface area contributed by atoms with Crippen molar-refractivity contribution in [3.05, 3.63) is 70.0 Å². The Balaban J connectivity index is 1.36. The molecule has 0 unspecified atom stereocenters. The molecule has 8 heteroatoms. The van der Waals surface area contributed by atoms with Crippen molar-refractivity contribution in [3.63, 3.8) is 0 Å². The fraction of sp³-hybridized carbons (Fsp3) is 0.304. The van der Waals surface area contributed by atoms with Crippen LogP contribution in [0.3, 0.4) is 0 Å². The molecular formula is C23H24N6O2. The lowest BCUT2D eigenvalue weighted by Gasteiger charge is -2.25. The molecule has 1 aromatic carbocycles. The largest absolute Gasteiger partial charge is 0.341 e. The number of hydrogen-bond donors (Lipinski definition) is 2. The smallest absolute Gasteiger partial charge is 0.270 e. The lowest BCUT2D eigenvalue weighted by Crippen LogP contribution is -2.29. The van der Waals surface area contributed by atoms with Gasteiger partial charge in [0.15, 0.2) is 0 Å². The summed E-state index contributed by atoms with van der Waals surface area (Å²) in [6.07, 6.45) is 6.74. The van der Waals surface area contributed by atoms with E-state index >= 15 is 0 Å². The van der Waals surface area contributed by atoms with Gasteiger partial charge in [0.1, 0.15) is 17.0 Å². The van der Waals surface area contributed by atoms with Crippen LogP contribution in [0.15, 0.2) is 47.5 Å². The number of aryl methyl sites for hydroxylation is 1. The number of imidazole rings is 1. The SMILES string of the molecule is Cc1ccn2c(=O)c(C(=O)Nc3ccc4nc(CN5CCCCC5)[nH]c4c3)cnc2c1. The van der Waals surface area contributed by atoms with Gasteiger partial charge >= 0.3 is 0 Å². The van der Waals surface area contributed by atoms with Gasteiger partial charge in [0.25, 0.3) is 11.5 Å². The molecule has 0 radical (unpaired) electrons. The van der Waals surface area contributed by atoms with Crippen LogP contribution in [0.1, 0.15) is 41.0 Å². The van der Waals surface area contributed by atoms with Gasteiger partial charge in [-0.25, -0.2) is 9.97 Å². The number of amides is 1. The highest BCUT2D eigenvalue weighted by Crippen LogP contribution is 2.19. The molecule has 1 fully saturated rings. The molecule has 1 aliphatic rings. The molecule has 8 nitrogen and oxygen atoms in total. The summed E-state index contributed by atoms with van der Waals surface area (Å²) in [5, 5.41) is 2.81. The third-order valence-corrected chi connectivity index (χ3v) is 5.72. The maximum Gasteiger partial charge on any atom is 0.270 e. The number of carbonyl (C=O) groups is 1. The zero-order valence-corrected chi connectivity index (χ0v) is 17.4. The minimum atomic E-state index is -0.486. The van der Waals surface area contributed by atoms with E-state index in [-0.39, 0.29) is 5.56 Å². The van der Waals surface area contributed by atoms with Gasteiger partial charge in [-0.3, -0.25) is 18.9 Å². The molecule has 5 rings (SSSR count). The van der Waals surface area contributed by atoms with Gasteiger partial charge in [0, 0.05) is 18.1 Å². The quantitative estimate of drug-likeness (QED) is 0.533. The number of piperidine rings is 1. The number of hydrogen-bond acceptors (Lipinski definition) is 5. The van der Waals surface area contributed by atoms with Gasteiger partial charge < -0.3 is 10.3 Å². The Labute approximate surface area is 178 Å². The maximum absolute atomic E-state index is 12.8. The summed E-state index contributed by atoms with van der Waals surface area (Å²) in [6, 6.07) is 9.12. The predicted octanol–water partition coefficient (Wildman–Crippen LogP) is 3.12. The summed E-state index contributed by atoms with van der Waals surface area (Å²) in [5.74, 6) is 0.438. The summed E-state index contributed by atoms with van der Waals surface area (Å²) < 4.78 is 1.38. The molecule has 0 spiro atoms. The minimum absolute atomic E-state index is 0.00292. The Morgan fingerprint density at radius 1 is 1.16 bits per heavy atom. The number of aromatic nitrogens is 4. The van der Waals surface area contributed by atoms with Crippen LogP contribution in [0.5, 0.6) is 0 Å². The second-order valence-corrected chi connectivity index (χ2v) is 8.12. The highest BCUT2D eigenvalue weighted by atomic mass is 16.2. The van der Waals surface area contributed by atoms with Gasteiger partial charge in [-0.1, -0.05) is 6.42 Å². The summed E-state index contributed by atoms with van der Waals surface area (Å²) in [6.45, 7) is 4.94. The lowest BCUT2D eigenvalue weighted by molar-refractivity contribution is 0.102. The minimum Gasteiger partial charge on any atom is -0.341 e. The Kier molecular flexibility index (Phi) is 4.99. The number of H-pyrrole nitrogens is 1. The topological polar surface area (TPSA) is 95.4 Å². The Morgan fingerprint density at radius 3 is 2.84 bits per heavy atom. The van der Waals surface area contributed by atoms with E-state index in [1.165, 1.54) is 29.9 Å². The van der Waals surface area contributed by atoms with Gasteiger partial charge in [-0.15, -0.1) is 0 Å². The van der Waals surface area contributed by atoms with Crippen molar-refractivity contribution in [3.8, 4) is 0 Å². The second-order valence-electron chi connectivity index (χ2n) is 8.12. The molecule has 4 heterocycles. The molecule has 4 aromatic rings. The maximum atomic E-state index is 12.8. The number of rotatable bonds is 4. The number of nitrogens with one attached hydrogen (secondary N) is 2. The number of nitrogens with zero attached hydrogens (tertiary/aromatic N) is 4. The normalized spacial score (nSPS) is 14.9. The lowest BCUT2D eigenvalue weighted by atomic mass is 10.1. The third kappa shape index (κ3) is 3.94. The zero-order valence-electron chi connectivity index (χ0n) is 17.4. The van der Waals surface area contributed by atoms with Gasteiger partial charge in [-0.2, -0.15) is 0 Å². The average Bonchev–Trinajstić information content (AvgIpc) is 3.16. The standard InChI is InChI=1S/C23H24N6O2/c1-15-7-10-29-21(11-15)24-13-17(23(29)31)22(30)25-16-5-6-18-19(12-16)27-20(26-18)14-28-8-3-2-4-9-28/h5-7,10-13H,2-4,8-9,14H2,1H3,(H,25,30)(H,26,27). The third-order valence-electron chi connectivity index (χ3n) is 5.72. The molecule has 1 amide bonds. The monoisotopic (exact) mass is 416 g/mol. The van der Waals surface area contributed by atoms with E-state index in [4.69, 9.17) is 0 Å². The van der Waals surface area contributed by atoms with Gasteiger partial charge in [-0.05, 0) is 68.8 Å². The first-order valence-corrected chi connectivity index (χ1v) is 10.6. The Hall–Kier alpha value is -3.52. The number of aromatic amines is 1. The zero-order chi connectivity index (χ0) is 21.4. The van der Waals surface area contributed by atoms with Crippen LogP contribution in [-0.2, 0) is 6.54 Å². The molecule has 158 valence electrons. The van der Waals surface area contributed by atoms with E-state index in [1.807, 2.05) is 25.1 Å². The molecule has 2 N–H and O–H groups in total. The Morgan fingerprint density at radius 2 is 2.00 bits per heavy atom. The van der Waals surface area contributed by atoms with Crippen molar-refractivity contribution in [1.29, 1.82) is 0 Å². The van der Waals surface area contributed by atoms with Crippen molar-refractivity contribution >= 4 is 28.3 Å². The number of pyridine rings is 1. The first-order chi connectivity index (χ1) is 15.1. The average molecular weight is 416 g/mol. The fourth-order valence-electron chi connectivity index (χ4n) is 4.08. The molecule has 0 aliphatic carbocycles. The van der Waals surface area contributed by atoms with Crippen LogP contribution in [0.4, 0.5) is 5.69 Å². The van der Waals surface area contributed by atoms with Crippen LogP contribution in [0.25, 0.3) is 16.7 Å². The molecule has 0 atom stereocenters. The summed E-state index contributed by atoms with van der Waals surface area (Å²) in [4.78, 5) is 40.2. The van der Waals surface area contributed by atoms with E-state index in [9.17, 15) is 9.59 Å². The van der Waals surface area contributed by atoms with Crippen LogP contribution in [0, 0.1) is 6.92 Å². The Bertz CT molecular complexity index is 1330. The van der Waals surface area contributed by atoms with Crippen molar-refractivity contribution in [2.75, 3.05) is 18.4 Å². The molecule has 0 saturated carbocycles. The van der Waals surface area contributed by atoms with Crippen molar-refractivity contribution in [1.82, 2.24) is 24.3 Å². The number of anilines is 1. The van der Waals surface area contributed by atoms with E-state index in [1.54, 1.807) is 18.3 Å². The first kappa shape index (κ1) is 19.4. The summed E-state index contributed by atoms with van der Waals surface area (Å²) in [7, 11) is 0. The van der Waals surface area contributed by atoms with Crippen LogP contribution in [-0.4, -0.2) is 43.2 Å². The number of fused-ring (bicyclic) bond motifs is 2. The second kappa shape index (κ2) is 7.96. The van der Waals surface area contributed by atoms with Gasteiger partial charge in [0.2, 0.25) is 0 Å². The summed E-state index contributed by atoms with van der Waals surface area (Å²) in [5.41, 5.74) is 3.42. The van der Waals surface area contributed by atoms with E-state index < -0.39 is 11.5 Å². The van der Waals surface area contributed by atoms with E-state index in [0.29, 0.717) is 11.3 Å². The van der Waals surface area contributed by atoms with Crippen LogP contribution < -0.4 is 10.9 Å². The molecule has 31 heavy (non-hydrogen) atoms. The van der Waals surface area contributed by atoms with E-state index in [0.717, 1.165) is 42.1 Å².